The van der Waals surface area contributed by atoms with Gasteiger partial charge in [-0.1, -0.05) is 17.7 Å². The third kappa shape index (κ3) is 3.67. The molecule has 0 atom stereocenters. The van der Waals surface area contributed by atoms with Crippen molar-refractivity contribution in [2.45, 2.75) is 45.6 Å². The minimum absolute atomic E-state index is 0.00408. The number of nitrogens with zero attached hydrogens (tertiary/aromatic N) is 3. The zero-order valence-electron chi connectivity index (χ0n) is 14.4. The van der Waals surface area contributed by atoms with Crippen LogP contribution >= 0.6 is 0 Å². The van der Waals surface area contributed by atoms with Gasteiger partial charge in [0, 0.05) is 24.9 Å². The number of hydrogen-bond donors (Lipinski definition) is 1. The number of amides is 1. The first-order valence-corrected chi connectivity index (χ1v) is 8.65. The lowest BCUT2D eigenvalue weighted by molar-refractivity contribution is 0.0730. The second-order valence-corrected chi connectivity index (χ2v) is 6.58. The lowest BCUT2D eigenvalue weighted by Crippen LogP contribution is -2.34. The summed E-state index contributed by atoms with van der Waals surface area (Å²) in [5.74, 6) is 0.00408. The molecule has 1 aromatic heterocycles. The normalized spacial score (nSPS) is 14.0. The second-order valence-electron chi connectivity index (χ2n) is 6.58. The fourth-order valence-electron chi connectivity index (χ4n) is 2.90. The van der Waals surface area contributed by atoms with Crippen molar-refractivity contribution in [2.75, 3.05) is 13.2 Å². The van der Waals surface area contributed by atoms with Crippen molar-refractivity contribution in [3.8, 4) is 5.69 Å². The number of unbranched alkanes of at least 4 members (excludes halogenated alkanes) is 1. The summed E-state index contributed by atoms with van der Waals surface area (Å²) in [6, 6.07) is 10.3. The van der Waals surface area contributed by atoms with Gasteiger partial charge in [-0.15, -0.1) is 0 Å². The third-order valence-corrected chi connectivity index (χ3v) is 4.44. The van der Waals surface area contributed by atoms with E-state index in [2.05, 4.69) is 12.0 Å². The summed E-state index contributed by atoms with van der Waals surface area (Å²) in [7, 11) is 0. The molecular formula is C19H25N3O2. The average molecular weight is 327 g/mol. The monoisotopic (exact) mass is 327 g/mol. The lowest BCUT2D eigenvalue weighted by Gasteiger charge is -2.21. The van der Waals surface area contributed by atoms with E-state index in [1.807, 2.05) is 46.8 Å². The molecule has 5 heteroatoms. The van der Waals surface area contributed by atoms with Crippen LogP contribution in [0.25, 0.3) is 5.69 Å². The van der Waals surface area contributed by atoms with Gasteiger partial charge < -0.3 is 10.0 Å². The summed E-state index contributed by atoms with van der Waals surface area (Å²) in [5.41, 5.74) is 3.62. The minimum atomic E-state index is 0.00408. The Morgan fingerprint density at radius 1 is 1.25 bits per heavy atom. The highest BCUT2D eigenvalue weighted by molar-refractivity contribution is 5.93. The minimum Gasteiger partial charge on any atom is -0.396 e. The van der Waals surface area contributed by atoms with Crippen LogP contribution in [-0.2, 0) is 0 Å². The van der Waals surface area contributed by atoms with Gasteiger partial charge in [0.1, 0.15) is 0 Å². The highest BCUT2D eigenvalue weighted by Crippen LogP contribution is 2.28. The van der Waals surface area contributed by atoms with Gasteiger partial charge in [0.05, 0.1) is 5.69 Å². The Hall–Kier alpha value is -2.14. The third-order valence-electron chi connectivity index (χ3n) is 4.44. The summed E-state index contributed by atoms with van der Waals surface area (Å²) in [4.78, 5) is 14.8. The second kappa shape index (κ2) is 7.18. The van der Waals surface area contributed by atoms with E-state index in [4.69, 9.17) is 5.11 Å². The number of benzene rings is 1. The highest BCUT2D eigenvalue weighted by Gasteiger charge is 2.33. The summed E-state index contributed by atoms with van der Waals surface area (Å²) in [5, 5.41) is 13.5. The molecule has 1 heterocycles. The maximum atomic E-state index is 12.9. The Morgan fingerprint density at radius 3 is 2.58 bits per heavy atom. The maximum Gasteiger partial charge on any atom is 0.274 e. The Kier molecular flexibility index (Phi) is 5.00. The van der Waals surface area contributed by atoms with Crippen LogP contribution < -0.4 is 0 Å². The zero-order chi connectivity index (χ0) is 17.1. The van der Waals surface area contributed by atoms with Crippen LogP contribution in [0.1, 0.15) is 47.4 Å². The fourth-order valence-corrected chi connectivity index (χ4v) is 2.90. The van der Waals surface area contributed by atoms with Crippen molar-refractivity contribution >= 4 is 5.91 Å². The quantitative estimate of drug-likeness (QED) is 0.796. The van der Waals surface area contributed by atoms with Crippen LogP contribution in [-0.4, -0.2) is 44.9 Å². The maximum absolute atomic E-state index is 12.9. The molecule has 5 nitrogen and oxygen atoms in total. The van der Waals surface area contributed by atoms with Gasteiger partial charge in [-0.05, 0) is 57.7 Å². The van der Waals surface area contributed by atoms with Gasteiger partial charge in [-0.2, -0.15) is 5.10 Å². The topological polar surface area (TPSA) is 58.4 Å². The standard InChI is InChI=1S/C19H25N3O2/c1-14-5-7-17(8-6-14)22-15(2)13-18(20-22)19(24)21(16-9-10-16)11-3-4-12-23/h5-8,13,16,23H,3-4,9-12H2,1-2H3. The highest BCUT2D eigenvalue weighted by atomic mass is 16.3. The summed E-state index contributed by atoms with van der Waals surface area (Å²) >= 11 is 0. The number of aliphatic hydroxyl groups excluding tert-OH is 1. The van der Waals surface area contributed by atoms with Crippen LogP contribution in [0, 0.1) is 13.8 Å². The predicted molar refractivity (Wildman–Crippen MR) is 93.4 cm³/mol. The molecule has 1 amide bonds. The molecule has 0 aliphatic heterocycles. The first kappa shape index (κ1) is 16.7. The van der Waals surface area contributed by atoms with E-state index in [1.54, 1.807) is 0 Å². The van der Waals surface area contributed by atoms with Crippen molar-refractivity contribution in [1.82, 2.24) is 14.7 Å². The molecule has 3 rings (SSSR count). The van der Waals surface area contributed by atoms with Gasteiger partial charge in [0.2, 0.25) is 0 Å². The number of hydrogen-bond acceptors (Lipinski definition) is 3. The first-order chi connectivity index (χ1) is 11.6. The van der Waals surface area contributed by atoms with E-state index in [1.165, 1.54) is 5.56 Å². The van der Waals surface area contributed by atoms with Crippen molar-refractivity contribution in [3.05, 3.63) is 47.3 Å². The van der Waals surface area contributed by atoms with Gasteiger partial charge in [-0.3, -0.25) is 4.79 Å². The summed E-state index contributed by atoms with van der Waals surface area (Å²) < 4.78 is 1.82. The van der Waals surface area contributed by atoms with E-state index in [9.17, 15) is 4.79 Å². The molecule has 0 bridgehead atoms. The molecule has 0 saturated heterocycles. The molecule has 24 heavy (non-hydrogen) atoms. The summed E-state index contributed by atoms with van der Waals surface area (Å²) in [6.07, 6.45) is 3.70. The largest absolute Gasteiger partial charge is 0.396 e. The number of aromatic nitrogens is 2. The zero-order valence-corrected chi connectivity index (χ0v) is 14.4. The van der Waals surface area contributed by atoms with E-state index in [-0.39, 0.29) is 12.5 Å². The molecule has 2 aromatic rings. The molecule has 0 spiro atoms. The summed E-state index contributed by atoms with van der Waals surface area (Å²) in [6.45, 7) is 4.89. The van der Waals surface area contributed by atoms with Gasteiger partial charge >= 0.3 is 0 Å². The van der Waals surface area contributed by atoms with E-state index < -0.39 is 0 Å². The van der Waals surface area contributed by atoms with Crippen LogP contribution in [0.4, 0.5) is 0 Å². The molecule has 0 unspecified atom stereocenters. The van der Waals surface area contributed by atoms with Crippen LogP contribution in [0.5, 0.6) is 0 Å². The Morgan fingerprint density at radius 2 is 1.96 bits per heavy atom. The Labute approximate surface area is 142 Å². The van der Waals surface area contributed by atoms with Crippen molar-refractivity contribution in [2.24, 2.45) is 0 Å². The van der Waals surface area contributed by atoms with E-state index in [0.29, 0.717) is 18.3 Å². The van der Waals surface area contributed by atoms with Gasteiger partial charge in [0.15, 0.2) is 5.69 Å². The van der Waals surface area contributed by atoms with Crippen LogP contribution in [0.3, 0.4) is 0 Å². The number of rotatable bonds is 7. The van der Waals surface area contributed by atoms with Crippen LogP contribution in [0.15, 0.2) is 30.3 Å². The molecule has 1 N–H and O–H groups in total. The molecule has 0 radical (unpaired) electrons. The molecular weight excluding hydrogens is 302 g/mol. The van der Waals surface area contributed by atoms with Crippen LogP contribution in [0.2, 0.25) is 0 Å². The number of carbonyl (C=O) groups is 1. The average Bonchev–Trinajstić information content (AvgIpc) is 3.34. The number of carbonyl (C=O) groups excluding carboxylic acids is 1. The smallest absolute Gasteiger partial charge is 0.274 e. The fraction of sp³-hybridized carbons (Fsp3) is 0.474. The number of aliphatic hydroxyl groups is 1. The van der Waals surface area contributed by atoms with E-state index >= 15 is 0 Å². The van der Waals surface area contributed by atoms with Crippen molar-refractivity contribution in [3.63, 3.8) is 0 Å². The SMILES string of the molecule is Cc1ccc(-n2nc(C(=O)N(CCCCO)C3CC3)cc2C)cc1. The first-order valence-electron chi connectivity index (χ1n) is 8.65. The molecule has 1 saturated carbocycles. The van der Waals surface area contributed by atoms with Crippen molar-refractivity contribution in [1.29, 1.82) is 0 Å². The molecule has 1 aromatic carbocycles. The van der Waals surface area contributed by atoms with E-state index in [0.717, 1.165) is 37.1 Å². The predicted octanol–water partition coefficient (Wildman–Crippen LogP) is 2.87. The van der Waals surface area contributed by atoms with Gasteiger partial charge in [0.25, 0.3) is 5.91 Å². The number of aryl methyl sites for hydroxylation is 2. The molecule has 1 fully saturated rings. The van der Waals surface area contributed by atoms with Crippen molar-refractivity contribution < 1.29 is 9.90 Å². The molecule has 1 aliphatic rings. The molecule has 128 valence electrons. The Bertz CT molecular complexity index is 702. The molecule has 1 aliphatic carbocycles. The van der Waals surface area contributed by atoms with Gasteiger partial charge in [-0.25, -0.2) is 4.68 Å². The lowest BCUT2D eigenvalue weighted by atomic mass is 10.2. The Balaban J connectivity index is 1.79.